The monoisotopic (exact) mass is 380 g/mol. The van der Waals surface area contributed by atoms with E-state index in [-0.39, 0.29) is 10.9 Å². The first-order valence-electron chi connectivity index (χ1n) is 7.99. The fourth-order valence-corrected chi connectivity index (χ4v) is 2.98. The summed E-state index contributed by atoms with van der Waals surface area (Å²) in [7, 11) is -0.0579. The highest BCUT2D eigenvalue weighted by Crippen LogP contribution is 2.21. The van der Waals surface area contributed by atoms with Gasteiger partial charge in [0.15, 0.2) is 0 Å². The summed E-state index contributed by atoms with van der Waals surface area (Å²) in [6.45, 7) is 3.94. The van der Waals surface area contributed by atoms with Gasteiger partial charge in [0, 0.05) is 12.2 Å². The molecule has 1 unspecified atom stereocenters. The van der Waals surface area contributed by atoms with Crippen molar-refractivity contribution in [2.24, 2.45) is 5.14 Å². The highest BCUT2D eigenvalue weighted by Gasteiger charge is 2.19. The van der Waals surface area contributed by atoms with Gasteiger partial charge in [-0.2, -0.15) is 0 Å². The topological polar surface area (TPSA) is 118 Å². The van der Waals surface area contributed by atoms with Gasteiger partial charge in [-0.05, 0) is 57.8 Å². The summed E-state index contributed by atoms with van der Waals surface area (Å²) >= 11 is 0. The summed E-state index contributed by atoms with van der Waals surface area (Å²) in [6, 6.07) is 7.48. The molecule has 2 amide bonds. The molecule has 1 aromatic heterocycles. The van der Waals surface area contributed by atoms with Crippen LogP contribution in [0.3, 0.4) is 0 Å². The van der Waals surface area contributed by atoms with E-state index in [2.05, 4.69) is 10.6 Å². The van der Waals surface area contributed by atoms with Crippen LogP contribution >= 0.6 is 0 Å². The Morgan fingerprint density at radius 3 is 2.46 bits per heavy atom. The van der Waals surface area contributed by atoms with Crippen molar-refractivity contribution in [1.29, 1.82) is 0 Å². The molecule has 0 aliphatic heterocycles. The lowest BCUT2D eigenvalue weighted by atomic mass is 10.2. The highest BCUT2D eigenvalue weighted by atomic mass is 32.2. The zero-order chi connectivity index (χ0) is 19.5. The lowest BCUT2D eigenvalue weighted by molar-refractivity contribution is 0.232. The molecule has 9 heteroatoms. The number of furan rings is 1. The van der Waals surface area contributed by atoms with E-state index in [0.29, 0.717) is 12.2 Å². The van der Waals surface area contributed by atoms with Gasteiger partial charge in [-0.25, -0.2) is 18.4 Å². The Morgan fingerprint density at radius 2 is 1.92 bits per heavy atom. The standard InChI is InChI=1S/C17H24N4O4S/c1-11-5-7-13(26(18,23)24)9-14(11)20-17(22)19-10-15(21(3)4)16-8-6-12(2)25-16/h5-9,15H,10H2,1-4H3,(H2,18,23,24)(H2,19,20,22). The van der Waals surface area contributed by atoms with Crippen LogP contribution < -0.4 is 15.8 Å². The van der Waals surface area contributed by atoms with E-state index in [9.17, 15) is 13.2 Å². The first kappa shape index (κ1) is 20.0. The highest BCUT2D eigenvalue weighted by molar-refractivity contribution is 7.89. The zero-order valence-electron chi connectivity index (χ0n) is 15.2. The summed E-state index contributed by atoms with van der Waals surface area (Å²) in [5.74, 6) is 1.55. The van der Waals surface area contributed by atoms with Crippen LogP contribution in [0.25, 0.3) is 0 Å². The Hall–Kier alpha value is -2.36. The predicted octanol–water partition coefficient (Wildman–Crippen LogP) is 1.97. The first-order chi connectivity index (χ1) is 12.1. The molecule has 2 aromatic rings. The van der Waals surface area contributed by atoms with Gasteiger partial charge in [0.25, 0.3) is 0 Å². The number of hydrogen-bond acceptors (Lipinski definition) is 5. The Labute approximate surface area is 153 Å². The third-order valence-corrected chi connectivity index (χ3v) is 4.87. The number of carbonyl (C=O) groups excluding carboxylic acids is 1. The number of carbonyl (C=O) groups is 1. The minimum Gasteiger partial charge on any atom is -0.465 e. The summed E-state index contributed by atoms with van der Waals surface area (Å²) in [5.41, 5.74) is 1.10. The van der Waals surface area contributed by atoms with Crippen LogP contribution in [0, 0.1) is 13.8 Å². The number of likely N-dealkylation sites (N-methyl/N-ethyl adjacent to an activating group) is 1. The van der Waals surface area contributed by atoms with Gasteiger partial charge >= 0.3 is 6.03 Å². The number of nitrogens with zero attached hydrogens (tertiary/aromatic N) is 1. The van der Waals surface area contributed by atoms with Crippen LogP contribution in [0.5, 0.6) is 0 Å². The van der Waals surface area contributed by atoms with E-state index < -0.39 is 16.1 Å². The third kappa shape index (κ3) is 5.07. The van der Waals surface area contributed by atoms with Crippen molar-refractivity contribution in [2.45, 2.75) is 24.8 Å². The molecule has 4 N–H and O–H groups in total. The zero-order valence-corrected chi connectivity index (χ0v) is 16.1. The van der Waals surface area contributed by atoms with Crippen molar-refractivity contribution in [3.63, 3.8) is 0 Å². The molecule has 0 aliphatic rings. The fourth-order valence-electron chi connectivity index (χ4n) is 2.44. The van der Waals surface area contributed by atoms with Crippen LogP contribution in [0.1, 0.15) is 23.1 Å². The number of urea groups is 1. The maximum Gasteiger partial charge on any atom is 0.319 e. The van der Waals surface area contributed by atoms with E-state index in [0.717, 1.165) is 17.1 Å². The van der Waals surface area contributed by atoms with Gasteiger partial charge in [-0.15, -0.1) is 0 Å². The molecule has 0 radical (unpaired) electrons. The second kappa shape index (κ2) is 7.90. The summed E-state index contributed by atoms with van der Waals surface area (Å²) in [5, 5.41) is 10.6. The van der Waals surface area contributed by atoms with Crippen molar-refractivity contribution in [3.8, 4) is 0 Å². The molecule has 0 saturated heterocycles. The molecular formula is C17H24N4O4S. The van der Waals surface area contributed by atoms with E-state index >= 15 is 0 Å². The lowest BCUT2D eigenvalue weighted by Crippen LogP contribution is -2.36. The largest absolute Gasteiger partial charge is 0.465 e. The number of rotatable bonds is 6. The molecule has 0 aliphatic carbocycles. The number of anilines is 1. The number of benzene rings is 1. The average molecular weight is 380 g/mol. The normalized spacial score (nSPS) is 12.8. The summed E-state index contributed by atoms with van der Waals surface area (Å²) in [4.78, 5) is 14.1. The minimum absolute atomic E-state index is 0.0596. The van der Waals surface area contributed by atoms with E-state index in [4.69, 9.17) is 9.56 Å². The maximum absolute atomic E-state index is 12.2. The van der Waals surface area contributed by atoms with Crippen molar-refractivity contribution >= 4 is 21.7 Å². The predicted molar refractivity (Wildman–Crippen MR) is 99.4 cm³/mol. The maximum atomic E-state index is 12.2. The van der Waals surface area contributed by atoms with Gasteiger partial charge in [-0.3, -0.25) is 4.90 Å². The van der Waals surface area contributed by atoms with Gasteiger partial charge in [0.1, 0.15) is 11.5 Å². The second-order valence-electron chi connectivity index (χ2n) is 6.28. The molecular weight excluding hydrogens is 356 g/mol. The number of primary sulfonamides is 1. The Balaban J connectivity index is 2.06. The molecule has 1 aromatic carbocycles. The molecule has 26 heavy (non-hydrogen) atoms. The molecule has 0 fully saturated rings. The quantitative estimate of drug-likeness (QED) is 0.708. The minimum atomic E-state index is -3.84. The third-order valence-electron chi connectivity index (χ3n) is 3.95. The Bertz CT molecular complexity index is 890. The summed E-state index contributed by atoms with van der Waals surface area (Å²) < 4.78 is 28.6. The van der Waals surface area contributed by atoms with Gasteiger partial charge < -0.3 is 15.1 Å². The lowest BCUT2D eigenvalue weighted by Gasteiger charge is -2.23. The van der Waals surface area contributed by atoms with Gasteiger partial charge in [0.05, 0.1) is 10.9 Å². The number of aryl methyl sites for hydroxylation is 2. The molecule has 142 valence electrons. The second-order valence-corrected chi connectivity index (χ2v) is 7.85. The molecule has 8 nitrogen and oxygen atoms in total. The Kier molecular flexibility index (Phi) is 6.06. The molecule has 1 heterocycles. The van der Waals surface area contributed by atoms with Crippen LogP contribution in [0.15, 0.2) is 39.6 Å². The molecule has 0 saturated carbocycles. The molecule has 0 spiro atoms. The molecule has 0 bridgehead atoms. The average Bonchev–Trinajstić information content (AvgIpc) is 2.94. The van der Waals surface area contributed by atoms with Crippen LogP contribution in [-0.4, -0.2) is 40.0 Å². The number of amides is 2. The number of hydrogen-bond donors (Lipinski definition) is 3. The number of nitrogens with two attached hydrogens (primary N) is 1. The van der Waals surface area contributed by atoms with E-state index in [1.54, 1.807) is 13.0 Å². The van der Waals surface area contributed by atoms with Gasteiger partial charge in [-0.1, -0.05) is 6.07 Å². The van der Waals surface area contributed by atoms with Crippen molar-refractivity contribution in [1.82, 2.24) is 10.2 Å². The van der Waals surface area contributed by atoms with Crippen molar-refractivity contribution < 1.29 is 17.6 Å². The van der Waals surface area contributed by atoms with Crippen molar-refractivity contribution in [2.75, 3.05) is 26.0 Å². The van der Waals surface area contributed by atoms with Crippen LogP contribution in [0.2, 0.25) is 0 Å². The fraction of sp³-hybridized carbons (Fsp3) is 0.353. The van der Waals surface area contributed by atoms with Crippen LogP contribution in [-0.2, 0) is 10.0 Å². The summed E-state index contributed by atoms with van der Waals surface area (Å²) in [6.07, 6.45) is 0. The smallest absolute Gasteiger partial charge is 0.319 e. The number of sulfonamides is 1. The molecule has 1 atom stereocenters. The SMILES string of the molecule is Cc1ccc(C(CNC(=O)Nc2cc(S(N)(=O)=O)ccc2C)N(C)C)o1. The molecule has 2 rings (SSSR count). The van der Waals surface area contributed by atoms with Crippen molar-refractivity contribution in [3.05, 3.63) is 47.4 Å². The Morgan fingerprint density at radius 1 is 1.23 bits per heavy atom. The first-order valence-corrected chi connectivity index (χ1v) is 9.53. The van der Waals surface area contributed by atoms with E-state index in [1.807, 2.05) is 38.1 Å². The number of nitrogens with one attached hydrogen (secondary N) is 2. The van der Waals surface area contributed by atoms with Crippen LogP contribution in [0.4, 0.5) is 10.5 Å². The van der Waals surface area contributed by atoms with Gasteiger partial charge in [0.2, 0.25) is 10.0 Å². The van der Waals surface area contributed by atoms with E-state index in [1.165, 1.54) is 12.1 Å².